The molecule has 0 unspecified atom stereocenters. The Bertz CT molecular complexity index is 680. The fourth-order valence-corrected chi connectivity index (χ4v) is 5.06. The van der Waals surface area contributed by atoms with Crippen molar-refractivity contribution in [2.75, 3.05) is 14.1 Å². The van der Waals surface area contributed by atoms with Crippen LogP contribution in [-0.4, -0.2) is 53.4 Å². The molecule has 4 aliphatic rings. The molecule has 3 amide bonds. The van der Waals surface area contributed by atoms with Crippen LogP contribution < -0.4 is 0 Å². The van der Waals surface area contributed by atoms with E-state index in [1.807, 2.05) is 6.92 Å². The summed E-state index contributed by atoms with van der Waals surface area (Å²) in [7, 11) is 3.18. The molecule has 2 saturated heterocycles. The highest BCUT2D eigenvalue weighted by molar-refractivity contribution is 6.15. The Labute approximate surface area is 128 Å². The predicted octanol–water partition coefficient (Wildman–Crippen LogP) is -0.0166. The van der Waals surface area contributed by atoms with Gasteiger partial charge in [-0.1, -0.05) is 6.92 Å². The number of carbonyl (C=O) groups excluding carboxylic acids is 4. The first-order valence-electron chi connectivity index (χ1n) is 7.76. The third-order valence-corrected chi connectivity index (χ3v) is 6.02. The maximum Gasteiger partial charge on any atom is 0.250 e. The van der Waals surface area contributed by atoms with E-state index in [1.165, 1.54) is 11.9 Å². The molecule has 0 spiro atoms. The van der Waals surface area contributed by atoms with Gasteiger partial charge in [-0.2, -0.15) is 0 Å². The Kier molecular flexibility index (Phi) is 2.52. The third kappa shape index (κ3) is 1.27. The molecular formula is C16H18N2O4. The van der Waals surface area contributed by atoms with Gasteiger partial charge in [0.2, 0.25) is 11.8 Å². The average Bonchev–Trinajstić information content (AvgIpc) is 3.02. The lowest BCUT2D eigenvalue weighted by Crippen LogP contribution is -2.50. The lowest BCUT2D eigenvalue weighted by Gasteiger charge is -2.38. The second kappa shape index (κ2) is 4.06. The first-order valence-corrected chi connectivity index (χ1v) is 7.76. The van der Waals surface area contributed by atoms with Gasteiger partial charge in [-0.05, 0) is 12.8 Å². The Balaban J connectivity index is 1.89. The summed E-state index contributed by atoms with van der Waals surface area (Å²) in [5.74, 6) is -2.01. The normalized spacial score (nSPS) is 40.0. The van der Waals surface area contributed by atoms with Crippen LogP contribution in [0.25, 0.3) is 0 Å². The van der Waals surface area contributed by atoms with Gasteiger partial charge in [-0.3, -0.25) is 24.1 Å². The fraction of sp³-hybridized carbons (Fsp3) is 0.625. The number of rotatable bonds is 1. The average molecular weight is 302 g/mol. The number of nitrogens with zero attached hydrogens (tertiary/aromatic N) is 2. The van der Waals surface area contributed by atoms with Crippen LogP contribution in [-0.2, 0) is 19.2 Å². The van der Waals surface area contributed by atoms with Crippen LogP contribution in [0, 0.1) is 23.7 Å². The molecule has 2 aliphatic carbocycles. The van der Waals surface area contributed by atoms with E-state index in [0.717, 1.165) is 0 Å². The van der Waals surface area contributed by atoms with E-state index in [-0.39, 0.29) is 41.4 Å². The smallest absolute Gasteiger partial charge is 0.250 e. The fourth-order valence-electron chi connectivity index (χ4n) is 5.06. The van der Waals surface area contributed by atoms with Crippen molar-refractivity contribution in [1.29, 1.82) is 0 Å². The van der Waals surface area contributed by atoms with Crippen LogP contribution in [0.4, 0.5) is 0 Å². The van der Waals surface area contributed by atoms with Gasteiger partial charge in [-0.25, -0.2) is 0 Å². The maximum atomic E-state index is 12.6. The number of likely N-dealkylation sites (N-methyl/N-ethyl adjacent to an activating group) is 1. The summed E-state index contributed by atoms with van der Waals surface area (Å²) in [5.41, 5.74) is 1.22. The summed E-state index contributed by atoms with van der Waals surface area (Å²) in [4.78, 5) is 52.8. The lowest BCUT2D eigenvalue weighted by atomic mass is 9.66. The second-order valence-electron chi connectivity index (χ2n) is 6.75. The molecule has 0 aromatic heterocycles. The molecule has 0 N–H and O–H groups in total. The van der Waals surface area contributed by atoms with E-state index in [2.05, 4.69) is 0 Å². The molecule has 6 nitrogen and oxygen atoms in total. The van der Waals surface area contributed by atoms with Gasteiger partial charge < -0.3 is 4.90 Å². The number of hydrogen-bond donors (Lipinski definition) is 0. The van der Waals surface area contributed by atoms with Gasteiger partial charge in [0.05, 0.1) is 17.9 Å². The number of amides is 3. The van der Waals surface area contributed by atoms with Crippen molar-refractivity contribution in [3.63, 3.8) is 0 Å². The number of imide groups is 1. The van der Waals surface area contributed by atoms with Gasteiger partial charge in [0.1, 0.15) is 0 Å². The van der Waals surface area contributed by atoms with Crippen molar-refractivity contribution in [1.82, 2.24) is 9.80 Å². The molecule has 4 rings (SSSR count). The highest BCUT2D eigenvalue weighted by Crippen LogP contribution is 2.56. The summed E-state index contributed by atoms with van der Waals surface area (Å²) in [6.45, 7) is 1.88. The summed E-state index contributed by atoms with van der Waals surface area (Å²) >= 11 is 0. The maximum absolute atomic E-state index is 12.6. The van der Waals surface area contributed by atoms with E-state index in [0.29, 0.717) is 24.0 Å². The molecule has 2 heterocycles. The van der Waals surface area contributed by atoms with E-state index >= 15 is 0 Å². The predicted molar refractivity (Wildman–Crippen MR) is 75.2 cm³/mol. The topological polar surface area (TPSA) is 74.8 Å². The minimum atomic E-state index is -0.491. The van der Waals surface area contributed by atoms with Gasteiger partial charge in [0.25, 0.3) is 5.91 Å². The van der Waals surface area contributed by atoms with E-state index < -0.39 is 11.8 Å². The number of allylic oxidation sites excluding steroid dienone is 1. The minimum absolute atomic E-state index is 0.0159. The number of ketones is 1. The monoisotopic (exact) mass is 302 g/mol. The van der Waals surface area contributed by atoms with Crippen LogP contribution in [0.3, 0.4) is 0 Å². The van der Waals surface area contributed by atoms with E-state index in [4.69, 9.17) is 0 Å². The van der Waals surface area contributed by atoms with Gasteiger partial charge in [0.15, 0.2) is 5.78 Å². The number of hydrogen-bond acceptors (Lipinski definition) is 4. The molecule has 0 bridgehead atoms. The van der Waals surface area contributed by atoms with Gasteiger partial charge >= 0.3 is 0 Å². The zero-order valence-corrected chi connectivity index (χ0v) is 12.8. The van der Waals surface area contributed by atoms with Crippen LogP contribution >= 0.6 is 0 Å². The zero-order valence-electron chi connectivity index (χ0n) is 12.8. The molecule has 22 heavy (non-hydrogen) atoms. The van der Waals surface area contributed by atoms with E-state index in [1.54, 1.807) is 11.9 Å². The molecule has 0 radical (unpaired) electrons. The first kappa shape index (κ1) is 13.7. The molecule has 5 atom stereocenters. The molecule has 3 fully saturated rings. The summed E-state index contributed by atoms with van der Waals surface area (Å²) in [6.07, 6.45) is 0.929. The number of fused-ring (bicyclic) bond motifs is 2. The van der Waals surface area contributed by atoms with Crippen molar-refractivity contribution in [2.45, 2.75) is 25.8 Å². The highest BCUT2D eigenvalue weighted by Gasteiger charge is 2.66. The number of likely N-dealkylation sites (tertiary alicyclic amines) is 2. The first-order chi connectivity index (χ1) is 10.4. The van der Waals surface area contributed by atoms with Crippen LogP contribution in [0.5, 0.6) is 0 Å². The quantitative estimate of drug-likeness (QED) is 0.638. The summed E-state index contributed by atoms with van der Waals surface area (Å²) in [5, 5.41) is 0. The minimum Gasteiger partial charge on any atom is -0.338 e. The van der Waals surface area contributed by atoms with Crippen LogP contribution in [0.15, 0.2) is 11.1 Å². The number of carbonyl (C=O) groups is 4. The largest absolute Gasteiger partial charge is 0.338 e. The molecule has 2 aliphatic heterocycles. The molecular weight excluding hydrogens is 284 g/mol. The molecule has 6 heteroatoms. The molecule has 116 valence electrons. The number of Topliss-reactive ketones (excluding diaryl/α,β-unsaturated/α-hetero) is 1. The SMILES string of the molecule is CCC1=C2C(=O)N(C)[C@H]3[C@H]4C(=O)N(C)C(=O)[C@H]4C[C@@H](C1=O)[C@@H]23. The lowest BCUT2D eigenvalue weighted by molar-refractivity contribution is -0.138. The van der Waals surface area contributed by atoms with Crippen LogP contribution in [0.1, 0.15) is 19.8 Å². The highest BCUT2D eigenvalue weighted by atomic mass is 16.2. The molecule has 0 aromatic rings. The Morgan fingerprint density at radius 2 is 1.68 bits per heavy atom. The molecule has 0 aromatic carbocycles. The Morgan fingerprint density at radius 3 is 2.32 bits per heavy atom. The van der Waals surface area contributed by atoms with E-state index in [9.17, 15) is 19.2 Å². The van der Waals surface area contributed by atoms with Gasteiger partial charge in [0, 0.05) is 37.1 Å². The Hall–Kier alpha value is -1.98. The standard InChI is InChI=1S/C16H18N2O4/c1-4-6-10-9-7(13(6)19)5-8-11(12(9)17(2)15(10)21)16(22)18(3)14(8)20/h7-9,11-12H,4-5H2,1-3H3/t7-,8+,9+,11+,12-/m1/s1. The summed E-state index contributed by atoms with van der Waals surface area (Å²) in [6, 6.07) is -0.347. The van der Waals surface area contributed by atoms with Crippen molar-refractivity contribution in [2.24, 2.45) is 23.7 Å². The zero-order chi connectivity index (χ0) is 15.9. The van der Waals surface area contributed by atoms with Crippen molar-refractivity contribution < 1.29 is 19.2 Å². The van der Waals surface area contributed by atoms with Crippen LogP contribution in [0.2, 0.25) is 0 Å². The Morgan fingerprint density at radius 1 is 1.00 bits per heavy atom. The second-order valence-corrected chi connectivity index (χ2v) is 6.75. The van der Waals surface area contributed by atoms with Crippen molar-refractivity contribution in [3.8, 4) is 0 Å². The van der Waals surface area contributed by atoms with Crippen molar-refractivity contribution in [3.05, 3.63) is 11.1 Å². The molecule has 1 saturated carbocycles. The third-order valence-electron chi connectivity index (χ3n) is 6.02. The summed E-state index contributed by atoms with van der Waals surface area (Å²) < 4.78 is 0. The van der Waals surface area contributed by atoms with Crippen molar-refractivity contribution >= 4 is 23.5 Å². The van der Waals surface area contributed by atoms with Gasteiger partial charge in [-0.15, -0.1) is 0 Å².